The van der Waals surface area contributed by atoms with Crippen molar-refractivity contribution in [2.75, 3.05) is 24.6 Å². The van der Waals surface area contributed by atoms with Gasteiger partial charge in [0.2, 0.25) is 5.36 Å². The molecule has 0 saturated heterocycles. The maximum absolute atomic E-state index is 11.1. The summed E-state index contributed by atoms with van der Waals surface area (Å²) in [6.45, 7) is 19.2. The molecule has 3 aromatic carbocycles. The summed E-state index contributed by atoms with van der Waals surface area (Å²) in [4.78, 5) is 13.5. The summed E-state index contributed by atoms with van der Waals surface area (Å²) in [7, 11) is 0. The Hall–Kier alpha value is -4.32. The molecule has 0 radical (unpaired) electrons. The van der Waals surface area contributed by atoms with Crippen molar-refractivity contribution in [2.45, 2.75) is 66.5 Å². The number of rotatable bonds is 6. The quantitative estimate of drug-likeness (QED) is 0.275. The molecular weight excluding hydrogens is 536 g/mol. The monoisotopic (exact) mass is 577 g/mol. The van der Waals surface area contributed by atoms with Crippen molar-refractivity contribution in [1.29, 1.82) is 0 Å². The second-order valence-corrected chi connectivity index (χ2v) is 12.9. The van der Waals surface area contributed by atoms with Gasteiger partial charge in [-0.1, -0.05) is 18.2 Å². The zero-order valence-electron chi connectivity index (χ0n) is 26.5. The average Bonchev–Trinajstić information content (AvgIpc) is 2.93. The van der Waals surface area contributed by atoms with E-state index in [-0.39, 0.29) is 17.7 Å². The smallest absolute Gasteiger partial charge is 0.341 e. The average molecular weight is 578 g/mol. The minimum absolute atomic E-state index is 0.110. The Labute approximate surface area is 253 Å². The molecule has 0 spiro atoms. The van der Waals surface area contributed by atoms with E-state index in [0.717, 1.165) is 46.5 Å². The van der Waals surface area contributed by atoms with E-state index in [1.807, 2.05) is 24.3 Å². The molecule has 3 aliphatic rings. The van der Waals surface area contributed by atoms with Gasteiger partial charge in [-0.05, 0) is 88.6 Å². The van der Waals surface area contributed by atoms with Gasteiger partial charge in [-0.15, -0.1) is 0 Å². The Morgan fingerprint density at radius 2 is 1.60 bits per heavy atom. The van der Waals surface area contributed by atoms with Gasteiger partial charge in [0.05, 0.1) is 11.6 Å². The number of hydrogen-bond donors (Lipinski definition) is 1. The summed E-state index contributed by atoms with van der Waals surface area (Å²) in [6, 6.07) is 16.7. The Balaban J connectivity index is 1.66. The number of nitrogens with zero attached hydrogens (tertiary/aromatic N) is 2. The van der Waals surface area contributed by atoms with Gasteiger partial charge < -0.3 is 19.5 Å². The molecule has 0 aliphatic carbocycles. The molecule has 6 heteroatoms. The van der Waals surface area contributed by atoms with Gasteiger partial charge in [-0.3, -0.25) is 0 Å². The highest BCUT2D eigenvalue weighted by Gasteiger charge is 2.35. The van der Waals surface area contributed by atoms with Crippen LogP contribution in [0.3, 0.4) is 0 Å². The van der Waals surface area contributed by atoms with Crippen LogP contribution >= 0.6 is 0 Å². The highest BCUT2D eigenvalue weighted by atomic mass is 16.5. The Morgan fingerprint density at radius 3 is 2.26 bits per heavy atom. The summed E-state index contributed by atoms with van der Waals surface area (Å²) in [6.07, 6.45) is 4.70. The minimum atomic E-state index is -0.999. The first-order valence-corrected chi connectivity index (χ1v) is 15.2. The van der Waals surface area contributed by atoms with Gasteiger partial charge in [0.15, 0.2) is 12.1 Å². The third kappa shape index (κ3) is 4.73. The van der Waals surface area contributed by atoms with Crippen molar-refractivity contribution in [1.82, 2.24) is 4.58 Å². The zero-order valence-corrected chi connectivity index (χ0v) is 26.5. The topological polar surface area (TPSA) is 62.0 Å². The normalized spacial score (nSPS) is 17.5. The first-order valence-electron chi connectivity index (χ1n) is 15.2. The van der Waals surface area contributed by atoms with Crippen LogP contribution in [0.15, 0.2) is 60.7 Å². The van der Waals surface area contributed by atoms with Crippen molar-refractivity contribution in [3.63, 3.8) is 0 Å². The third-order valence-corrected chi connectivity index (χ3v) is 9.05. The fraction of sp³-hybridized carbons (Fsp3) is 0.351. The Kier molecular flexibility index (Phi) is 6.79. The van der Waals surface area contributed by atoms with Crippen molar-refractivity contribution >= 4 is 28.4 Å². The number of fused-ring (bicyclic) bond motifs is 4. The van der Waals surface area contributed by atoms with Crippen LogP contribution in [0.1, 0.15) is 77.6 Å². The number of carbonyl (C=O) groups is 1. The molecular formula is C37H41N2O4+. The maximum atomic E-state index is 11.1. The van der Waals surface area contributed by atoms with E-state index in [9.17, 15) is 4.79 Å². The maximum Gasteiger partial charge on any atom is 0.341 e. The second kappa shape index (κ2) is 10.1. The summed E-state index contributed by atoms with van der Waals surface area (Å²) < 4.78 is 14.7. The molecule has 6 nitrogen and oxygen atoms in total. The highest BCUT2D eigenvalue weighted by Crippen LogP contribution is 2.46. The molecule has 0 bridgehead atoms. The standard InChI is InChI=1S/C37H40N2O4/c1-9-38-30-17-32-28(15-26(30)22(3)19-36(38,5)6)35(24-11-13-25(14-12-24)42-21-34(40)41)29-16-27-23(4)20-37(7,8)39(10-2)31(27)18-33(29)43-32/h11-20H,9-10,21H2,1-8H3/p+1. The van der Waals surface area contributed by atoms with Crippen molar-refractivity contribution in [3.8, 4) is 17.2 Å². The number of carboxylic acids is 1. The van der Waals surface area contributed by atoms with Crippen molar-refractivity contribution < 1.29 is 19.4 Å². The second-order valence-electron chi connectivity index (χ2n) is 12.9. The van der Waals surface area contributed by atoms with E-state index in [4.69, 9.17) is 14.6 Å². The fourth-order valence-electron chi connectivity index (χ4n) is 7.36. The zero-order chi connectivity index (χ0) is 30.8. The van der Waals surface area contributed by atoms with E-state index in [1.165, 1.54) is 33.3 Å². The number of benzene rings is 3. The van der Waals surface area contributed by atoms with Crippen LogP contribution < -0.4 is 29.5 Å². The number of ether oxygens (including phenoxy) is 2. The fourth-order valence-corrected chi connectivity index (χ4v) is 7.36. The van der Waals surface area contributed by atoms with Gasteiger partial charge in [-0.25, -0.2) is 9.37 Å². The molecule has 0 atom stereocenters. The van der Waals surface area contributed by atoms with Crippen LogP contribution in [0.25, 0.3) is 16.7 Å². The van der Waals surface area contributed by atoms with E-state index in [0.29, 0.717) is 5.75 Å². The summed E-state index contributed by atoms with van der Waals surface area (Å²) >= 11 is 0. The molecule has 6 rings (SSSR count). The van der Waals surface area contributed by atoms with Crippen LogP contribution in [0.4, 0.5) is 5.69 Å². The predicted molar refractivity (Wildman–Crippen MR) is 174 cm³/mol. The number of likely N-dealkylation sites (N-methyl/N-ethyl adjacent to an activating group) is 2. The summed E-state index contributed by atoms with van der Waals surface area (Å²) in [5, 5.41) is 11.3. The lowest BCUT2D eigenvalue weighted by Crippen LogP contribution is -2.49. The molecule has 0 amide bonds. The number of hydrogen-bond acceptors (Lipinski definition) is 4. The van der Waals surface area contributed by atoms with Crippen LogP contribution in [-0.2, 0) is 4.79 Å². The Morgan fingerprint density at radius 1 is 0.907 bits per heavy atom. The van der Waals surface area contributed by atoms with E-state index < -0.39 is 5.97 Å². The molecule has 3 aromatic rings. The van der Waals surface area contributed by atoms with Crippen LogP contribution in [0.2, 0.25) is 0 Å². The molecule has 0 unspecified atom stereocenters. The molecule has 0 aromatic heterocycles. The molecule has 43 heavy (non-hydrogen) atoms. The molecule has 3 heterocycles. The lowest BCUT2D eigenvalue weighted by atomic mass is 9.84. The molecule has 222 valence electrons. The van der Waals surface area contributed by atoms with Gasteiger partial charge in [0.1, 0.15) is 23.8 Å². The molecule has 3 aliphatic heterocycles. The van der Waals surface area contributed by atoms with Crippen LogP contribution in [0.5, 0.6) is 17.2 Å². The van der Waals surface area contributed by atoms with Crippen molar-refractivity contribution in [3.05, 3.63) is 93.5 Å². The number of carboxylic acid groups (broad SMARTS) is 1. The number of aliphatic carboxylic acids is 1. The highest BCUT2D eigenvalue weighted by molar-refractivity contribution is 5.91. The first-order chi connectivity index (χ1) is 20.3. The summed E-state index contributed by atoms with van der Waals surface area (Å²) in [5.74, 6) is 1.19. The minimum Gasteiger partial charge on any atom is -0.482 e. The van der Waals surface area contributed by atoms with Gasteiger partial charge in [0, 0.05) is 59.6 Å². The van der Waals surface area contributed by atoms with Gasteiger partial charge >= 0.3 is 5.97 Å². The van der Waals surface area contributed by atoms with E-state index in [2.05, 4.69) is 101 Å². The first kappa shape index (κ1) is 28.8. The largest absolute Gasteiger partial charge is 0.482 e. The van der Waals surface area contributed by atoms with Gasteiger partial charge in [-0.2, -0.15) is 0 Å². The van der Waals surface area contributed by atoms with Crippen LogP contribution in [-0.4, -0.2) is 41.9 Å². The molecule has 1 N–H and O–H groups in total. The van der Waals surface area contributed by atoms with E-state index in [1.54, 1.807) is 0 Å². The summed E-state index contributed by atoms with van der Waals surface area (Å²) in [5.41, 5.74) is 9.02. The third-order valence-electron chi connectivity index (χ3n) is 9.05. The predicted octanol–water partition coefficient (Wildman–Crippen LogP) is 6.23. The number of allylic oxidation sites excluding steroid dienone is 2. The number of anilines is 1. The van der Waals surface area contributed by atoms with Crippen molar-refractivity contribution in [2.24, 2.45) is 0 Å². The Bertz CT molecular complexity index is 1860. The van der Waals surface area contributed by atoms with Crippen LogP contribution in [0, 0.1) is 0 Å². The lowest BCUT2D eigenvalue weighted by molar-refractivity contribution is -0.139. The SMILES string of the molecule is CCN1c2cc3c(cc2C(C)=CC1(C)C)C(c1ccc(OCC(=O)O)cc1)=c1cc2c(cc1O3)=[N+](CC)C(C)(C)C=C2C. The molecule has 0 saturated carbocycles. The van der Waals surface area contributed by atoms with Gasteiger partial charge in [0.25, 0.3) is 0 Å². The molecule has 0 fully saturated rings. The lowest BCUT2D eigenvalue weighted by Gasteiger charge is -2.43. The van der Waals surface area contributed by atoms with E-state index >= 15 is 0 Å².